The fourth-order valence-corrected chi connectivity index (χ4v) is 1.93. The fourth-order valence-electron chi connectivity index (χ4n) is 1.93. The quantitative estimate of drug-likeness (QED) is 0.701. The van der Waals surface area contributed by atoms with Crippen molar-refractivity contribution in [2.24, 2.45) is 11.7 Å². The van der Waals surface area contributed by atoms with Crippen molar-refractivity contribution in [3.8, 4) is 0 Å². The lowest BCUT2D eigenvalue weighted by molar-refractivity contribution is 0.177. The van der Waals surface area contributed by atoms with Crippen molar-refractivity contribution in [3.05, 3.63) is 11.8 Å². The zero-order valence-electron chi connectivity index (χ0n) is 10.2. The SMILES string of the molecule is CC(C)OB(O)C1(C)CC[C@H](C)C=C1N. The summed E-state index contributed by atoms with van der Waals surface area (Å²) in [5.74, 6) is 0.504. The molecule has 1 aliphatic carbocycles. The van der Waals surface area contributed by atoms with E-state index in [-0.39, 0.29) is 6.10 Å². The van der Waals surface area contributed by atoms with Crippen LogP contribution in [-0.2, 0) is 4.65 Å². The smallest absolute Gasteiger partial charge is 0.426 e. The maximum absolute atomic E-state index is 10.0. The minimum Gasteiger partial charge on any atom is -0.426 e. The van der Waals surface area contributed by atoms with Gasteiger partial charge in [-0.05, 0) is 32.6 Å². The predicted octanol–water partition coefficient (Wildman–Crippen LogP) is 1.92. The summed E-state index contributed by atoms with van der Waals surface area (Å²) in [5.41, 5.74) is 6.76. The summed E-state index contributed by atoms with van der Waals surface area (Å²) in [6, 6.07) is 0. The Balaban J connectivity index is 2.77. The number of hydrogen-bond acceptors (Lipinski definition) is 3. The molecular weight excluding hydrogens is 189 g/mol. The van der Waals surface area contributed by atoms with Gasteiger partial charge < -0.3 is 15.4 Å². The normalized spacial score (nSPS) is 31.6. The molecule has 86 valence electrons. The van der Waals surface area contributed by atoms with Crippen LogP contribution in [0.2, 0.25) is 5.31 Å². The summed E-state index contributed by atoms with van der Waals surface area (Å²) in [6.07, 6.45) is 3.99. The van der Waals surface area contributed by atoms with E-state index in [2.05, 4.69) is 6.92 Å². The van der Waals surface area contributed by atoms with Crippen LogP contribution in [0.1, 0.15) is 40.5 Å². The van der Waals surface area contributed by atoms with Crippen molar-refractivity contribution in [2.75, 3.05) is 0 Å². The van der Waals surface area contributed by atoms with Gasteiger partial charge in [0.15, 0.2) is 0 Å². The first kappa shape index (κ1) is 12.6. The molecule has 0 spiro atoms. The highest BCUT2D eigenvalue weighted by Gasteiger charge is 2.44. The molecule has 1 rings (SSSR count). The van der Waals surface area contributed by atoms with Gasteiger partial charge in [-0.2, -0.15) is 0 Å². The highest BCUT2D eigenvalue weighted by Crippen LogP contribution is 2.45. The van der Waals surface area contributed by atoms with E-state index >= 15 is 0 Å². The topological polar surface area (TPSA) is 55.5 Å². The van der Waals surface area contributed by atoms with Gasteiger partial charge in [0.2, 0.25) is 0 Å². The molecule has 0 amide bonds. The molecule has 0 saturated heterocycles. The molecule has 3 N–H and O–H groups in total. The van der Waals surface area contributed by atoms with E-state index < -0.39 is 12.4 Å². The molecule has 0 fully saturated rings. The highest BCUT2D eigenvalue weighted by atomic mass is 16.5. The van der Waals surface area contributed by atoms with E-state index in [1.165, 1.54) is 0 Å². The number of allylic oxidation sites excluding steroid dienone is 2. The van der Waals surface area contributed by atoms with Gasteiger partial charge in [0.1, 0.15) is 0 Å². The van der Waals surface area contributed by atoms with Crippen molar-refractivity contribution in [1.82, 2.24) is 0 Å². The summed E-state index contributed by atoms with van der Waals surface area (Å²) >= 11 is 0. The maximum atomic E-state index is 10.0. The molecule has 3 nitrogen and oxygen atoms in total. The molecule has 4 heteroatoms. The molecule has 0 bridgehead atoms. The van der Waals surface area contributed by atoms with Crippen molar-refractivity contribution in [2.45, 2.75) is 52.0 Å². The van der Waals surface area contributed by atoms with Gasteiger partial charge in [-0.25, -0.2) is 0 Å². The van der Waals surface area contributed by atoms with Gasteiger partial charge in [0.25, 0.3) is 0 Å². The van der Waals surface area contributed by atoms with Crippen LogP contribution >= 0.6 is 0 Å². The molecule has 2 atom stereocenters. The first-order valence-electron chi connectivity index (χ1n) is 5.67. The number of nitrogens with two attached hydrogens (primary N) is 1. The van der Waals surface area contributed by atoms with Crippen molar-refractivity contribution >= 4 is 7.12 Å². The lowest BCUT2D eigenvalue weighted by Crippen LogP contribution is -2.41. The maximum Gasteiger partial charge on any atom is 0.466 e. The van der Waals surface area contributed by atoms with Gasteiger partial charge in [-0.15, -0.1) is 0 Å². The molecule has 0 heterocycles. The zero-order valence-corrected chi connectivity index (χ0v) is 10.2. The van der Waals surface area contributed by atoms with Crippen molar-refractivity contribution in [3.63, 3.8) is 0 Å². The summed E-state index contributed by atoms with van der Waals surface area (Å²) in [4.78, 5) is 0. The largest absolute Gasteiger partial charge is 0.466 e. The molecule has 1 aliphatic rings. The summed E-state index contributed by atoms with van der Waals surface area (Å²) in [7, 11) is -0.804. The minimum atomic E-state index is -0.804. The molecule has 0 aromatic rings. The van der Waals surface area contributed by atoms with Gasteiger partial charge in [-0.1, -0.05) is 19.9 Å². The molecule has 15 heavy (non-hydrogen) atoms. The van der Waals surface area contributed by atoms with Gasteiger partial charge in [0.05, 0.1) is 0 Å². The van der Waals surface area contributed by atoms with Crippen molar-refractivity contribution in [1.29, 1.82) is 0 Å². The summed E-state index contributed by atoms with van der Waals surface area (Å²) < 4.78 is 5.43. The van der Waals surface area contributed by atoms with Crippen LogP contribution in [0.5, 0.6) is 0 Å². The Morgan fingerprint density at radius 2 is 2.27 bits per heavy atom. The predicted molar refractivity (Wildman–Crippen MR) is 63.2 cm³/mol. The Hall–Kier alpha value is -0.475. The third kappa shape index (κ3) is 2.76. The molecule has 0 aromatic carbocycles. The van der Waals surface area contributed by atoms with Crippen LogP contribution in [0.15, 0.2) is 11.8 Å². The van der Waals surface area contributed by atoms with Crippen LogP contribution in [0.3, 0.4) is 0 Å². The molecule has 0 aromatic heterocycles. The molecular formula is C11H22BNO2. The van der Waals surface area contributed by atoms with Gasteiger partial charge in [-0.3, -0.25) is 0 Å². The van der Waals surface area contributed by atoms with Crippen LogP contribution in [0, 0.1) is 5.92 Å². The average molecular weight is 211 g/mol. The fraction of sp³-hybridized carbons (Fsp3) is 0.818. The zero-order chi connectivity index (χ0) is 11.6. The Kier molecular flexibility index (Phi) is 3.84. The third-order valence-electron chi connectivity index (χ3n) is 3.19. The van der Waals surface area contributed by atoms with E-state index in [1.54, 1.807) is 0 Å². The third-order valence-corrected chi connectivity index (χ3v) is 3.19. The second-order valence-electron chi connectivity index (χ2n) is 5.09. The Bertz CT molecular complexity index is 255. The lowest BCUT2D eigenvalue weighted by Gasteiger charge is -2.36. The van der Waals surface area contributed by atoms with Crippen LogP contribution in [-0.4, -0.2) is 18.2 Å². The van der Waals surface area contributed by atoms with E-state index in [1.807, 2.05) is 26.8 Å². The average Bonchev–Trinajstić information content (AvgIpc) is 2.11. The first-order chi connectivity index (χ1) is 6.86. The van der Waals surface area contributed by atoms with Gasteiger partial charge >= 0.3 is 7.12 Å². The Labute approximate surface area is 92.8 Å². The standard InChI is InChI=1S/C11H22BNO2/c1-8(2)15-12(14)11(4)6-5-9(3)7-10(11)13/h7-9,14H,5-6,13H2,1-4H3/t9-,11?/m0/s1. The Morgan fingerprint density at radius 3 is 2.73 bits per heavy atom. The second-order valence-corrected chi connectivity index (χ2v) is 5.09. The summed E-state index contributed by atoms with van der Waals surface area (Å²) in [5, 5.41) is 9.60. The lowest BCUT2D eigenvalue weighted by atomic mass is 9.52. The Morgan fingerprint density at radius 1 is 1.67 bits per heavy atom. The minimum absolute atomic E-state index is 0.0176. The molecule has 0 aliphatic heterocycles. The molecule has 1 unspecified atom stereocenters. The highest BCUT2D eigenvalue weighted by molar-refractivity contribution is 6.48. The van der Waals surface area contributed by atoms with Gasteiger partial charge in [0, 0.05) is 17.1 Å². The van der Waals surface area contributed by atoms with Crippen LogP contribution in [0.4, 0.5) is 0 Å². The van der Waals surface area contributed by atoms with E-state index in [4.69, 9.17) is 10.4 Å². The summed E-state index contributed by atoms with van der Waals surface area (Å²) in [6.45, 7) is 7.94. The van der Waals surface area contributed by atoms with E-state index in [0.29, 0.717) is 5.92 Å². The van der Waals surface area contributed by atoms with E-state index in [0.717, 1.165) is 18.5 Å². The second kappa shape index (κ2) is 4.58. The van der Waals surface area contributed by atoms with Crippen LogP contribution in [0.25, 0.3) is 0 Å². The van der Waals surface area contributed by atoms with E-state index in [9.17, 15) is 5.02 Å². The monoisotopic (exact) mass is 211 g/mol. The number of hydrogen-bond donors (Lipinski definition) is 2. The first-order valence-corrected chi connectivity index (χ1v) is 5.67. The molecule has 0 saturated carbocycles. The van der Waals surface area contributed by atoms with Crippen LogP contribution < -0.4 is 5.73 Å². The van der Waals surface area contributed by atoms with Crippen molar-refractivity contribution < 1.29 is 9.68 Å². The molecule has 0 radical (unpaired) electrons. The number of rotatable bonds is 3.